The predicted molar refractivity (Wildman–Crippen MR) is 138 cm³/mol. The Balaban J connectivity index is 1.68. The highest BCUT2D eigenvalue weighted by Gasteiger charge is 2.34. The Kier molecular flexibility index (Phi) is 8.18. The highest BCUT2D eigenvalue weighted by atomic mass is 16.5. The van der Waals surface area contributed by atoms with E-state index in [1.54, 1.807) is 24.4 Å². The van der Waals surface area contributed by atoms with Gasteiger partial charge >= 0.3 is 0 Å². The number of nitrogens with zero attached hydrogens (tertiary/aromatic N) is 4. The quantitative estimate of drug-likeness (QED) is 0.517. The Morgan fingerprint density at radius 1 is 1.22 bits per heavy atom. The van der Waals surface area contributed by atoms with Crippen LogP contribution in [0.4, 0.5) is 0 Å². The third kappa shape index (κ3) is 5.66. The second kappa shape index (κ2) is 11.5. The summed E-state index contributed by atoms with van der Waals surface area (Å²) < 4.78 is 11.9. The highest BCUT2D eigenvalue weighted by molar-refractivity contribution is 5.98. The number of para-hydroxylation sites is 1. The van der Waals surface area contributed by atoms with Crippen LogP contribution >= 0.6 is 0 Å². The molecule has 4 rings (SSSR count). The monoisotopic (exact) mass is 490 g/mol. The van der Waals surface area contributed by atoms with Crippen LogP contribution < -0.4 is 9.47 Å². The van der Waals surface area contributed by atoms with Crippen molar-refractivity contribution < 1.29 is 19.4 Å². The van der Waals surface area contributed by atoms with Gasteiger partial charge in [-0.3, -0.25) is 14.7 Å². The second-order valence-electron chi connectivity index (χ2n) is 9.46. The highest BCUT2D eigenvalue weighted by Crippen LogP contribution is 2.34. The lowest BCUT2D eigenvalue weighted by atomic mass is 9.99. The third-order valence-electron chi connectivity index (χ3n) is 6.61. The molecule has 1 amide bonds. The van der Waals surface area contributed by atoms with Crippen molar-refractivity contribution in [1.82, 2.24) is 19.8 Å². The molecule has 1 aromatic carbocycles. The third-order valence-corrected chi connectivity index (χ3v) is 6.61. The van der Waals surface area contributed by atoms with Crippen molar-refractivity contribution in [3.8, 4) is 22.8 Å². The summed E-state index contributed by atoms with van der Waals surface area (Å²) in [5.41, 5.74) is 3.10. The molecule has 1 N–H and O–H groups in total. The number of aliphatic hydroxyl groups excluding tert-OH is 1. The number of pyridine rings is 2. The molecular formula is C28H34N4O4. The molecule has 0 aliphatic carbocycles. The summed E-state index contributed by atoms with van der Waals surface area (Å²) in [6, 6.07) is 13.1. The fourth-order valence-corrected chi connectivity index (χ4v) is 4.53. The van der Waals surface area contributed by atoms with Crippen molar-refractivity contribution >= 4 is 5.91 Å². The molecule has 3 aromatic rings. The van der Waals surface area contributed by atoms with Crippen molar-refractivity contribution in [2.24, 2.45) is 5.92 Å². The number of carbonyl (C=O) groups excluding carboxylic acids is 1. The van der Waals surface area contributed by atoms with Gasteiger partial charge in [-0.05, 0) is 37.7 Å². The largest absolute Gasteiger partial charge is 0.496 e. The Labute approximate surface area is 212 Å². The SMILES string of the molecule is COc1ccccc1-c1cnc2c(c1)C(=O)N([C@@H](C)CO)C[C@H](C)[C@@H](CN(C)Cc1cccnc1)O2. The maximum atomic E-state index is 13.7. The van der Waals surface area contributed by atoms with E-state index in [1.807, 2.05) is 62.6 Å². The number of benzene rings is 1. The van der Waals surface area contributed by atoms with Crippen LogP contribution in [0.2, 0.25) is 0 Å². The molecule has 3 heterocycles. The lowest BCUT2D eigenvalue weighted by Crippen LogP contribution is -2.49. The molecular weight excluding hydrogens is 456 g/mol. The van der Waals surface area contributed by atoms with E-state index in [0.717, 1.165) is 23.2 Å². The van der Waals surface area contributed by atoms with E-state index in [1.165, 1.54) is 0 Å². The molecule has 0 saturated heterocycles. The van der Waals surface area contributed by atoms with Crippen molar-refractivity contribution in [1.29, 1.82) is 0 Å². The van der Waals surface area contributed by atoms with Gasteiger partial charge in [0.2, 0.25) is 5.88 Å². The van der Waals surface area contributed by atoms with Gasteiger partial charge in [0.15, 0.2) is 0 Å². The van der Waals surface area contributed by atoms with E-state index in [4.69, 9.17) is 9.47 Å². The summed E-state index contributed by atoms with van der Waals surface area (Å²) in [4.78, 5) is 26.4. The molecule has 0 bridgehead atoms. The van der Waals surface area contributed by atoms with Crippen LogP contribution in [0.15, 0.2) is 61.1 Å². The zero-order valence-electron chi connectivity index (χ0n) is 21.3. The summed E-state index contributed by atoms with van der Waals surface area (Å²) in [5, 5.41) is 9.91. The Bertz CT molecular complexity index is 1170. The van der Waals surface area contributed by atoms with Crippen molar-refractivity contribution in [2.75, 3.05) is 33.9 Å². The zero-order valence-corrected chi connectivity index (χ0v) is 21.3. The van der Waals surface area contributed by atoms with Gasteiger partial charge in [0.05, 0.1) is 19.8 Å². The zero-order chi connectivity index (χ0) is 25.7. The lowest BCUT2D eigenvalue weighted by Gasteiger charge is -2.37. The number of methoxy groups -OCH3 is 1. The fraction of sp³-hybridized carbons (Fsp3) is 0.393. The first-order valence-corrected chi connectivity index (χ1v) is 12.2. The first-order valence-electron chi connectivity index (χ1n) is 12.2. The lowest BCUT2D eigenvalue weighted by molar-refractivity contribution is 0.0325. The minimum atomic E-state index is -0.338. The summed E-state index contributed by atoms with van der Waals surface area (Å²) in [6.45, 7) is 5.63. The molecule has 8 nitrogen and oxygen atoms in total. The van der Waals surface area contributed by atoms with Gasteiger partial charge in [0.25, 0.3) is 5.91 Å². The molecule has 1 aliphatic rings. The van der Waals surface area contributed by atoms with Gasteiger partial charge in [-0.2, -0.15) is 0 Å². The first kappa shape index (κ1) is 25.6. The van der Waals surface area contributed by atoms with E-state index in [2.05, 4.69) is 21.8 Å². The van der Waals surface area contributed by atoms with Crippen molar-refractivity contribution in [3.05, 3.63) is 72.2 Å². The number of likely N-dealkylation sites (N-methyl/N-ethyl adjacent to an activating group) is 1. The first-order chi connectivity index (χ1) is 17.4. The minimum Gasteiger partial charge on any atom is -0.496 e. The van der Waals surface area contributed by atoms with Gasteiger partial charge in [0, 0.05) is 55.3 Å². The Morgan fingerprint density at radius 2 is 2.03 bits per heavy atom. The predicted octanol–water partition coefficient (Wildman–Crippen LogP) is 3.50. The molecule has 8 heteroatoms. The number of hydrogen-bond acceptors (Lipinski definition) is 7. The van der Waals surface area contributed by atoms with Gasteiger partial charge in [-0.15, -0.1) is 0 Å². The summed E-state index contributed by atoms with van der Waals surface area (Å²) >= 11 is 0. The number of fused-ring (bicyclic) bond motifs is 1. The fourth-order valence-electron chi connectivity index (χ4n) is 4.53. The molecule has 1 aliphatic heterocycles. The Morgan fingerprint density at radius 3 is 2.75 bits per heavy atom. The molecule has 3 atom stereocenters. The normalized spacial score (nSPS) is 18.7. The molecule has 0 unspecified atom stereocenters. The van der Waals surface area contributed by atoms with Crippen LogP contribution in [0.5, 0.6) is 11.6 Å². The smallest absolute Gasteiger partial charge is 0.259 e. The van der Waals surface area contributed by atoms with E-state index in [9.17, 15) is 9.90 Å². The molecule has 0 saturated carbocycles. The molecule has 0 radical (unpaired) electrons. The summed E-state index contributed by atoms with van der Waals surface area (Å²) in [6.07, 6.45) is 5.13. The van der Waals surface area contributed by atoms with Crippen molar-refractivity contribution in [3.63, 3.8) is 0 Å². The maximum Gasteiger partial charge on any atom is 0.259 e. The molecule has 36 heavy (non-hydrogen) atoms. The van der Waals surface area contributed by atoms with Crippen LogP contribution in [-0.2, 0) is 6.54 Å². The molecule has 0 spiro atoms. The average molecular weight is 491 g/mol. The van der Waals surface area contributed by atoms with E-state index >= 15 is 0 Å². The summed E-state index contributed by atoms with van der Waals surface area (Å²) in [7, 11) is 3.66. The van der Waals surface area contributed by atoms with Gasteiger partial charge in [0.1, 0.15) is 17.4 Å². The number of rotatable bonds is 8. The van der Waals surface area contributed by atoms with Crippen LogP contribution in [0.1, 0.15) is 29.8 Å². The van der Waals surface area contributed by atoms with Crippen LogP contribution in [0, 0.1) is 5.92 Å². The van der Waals surface area contributed by atoms with Crippen LogP contribution in [0.25, 0.3) is 11.1 Å². The Hall–Kier alpha value is -3.49. The van der Waals surface area contributed by atoms with Gasteiger partial charge in [-0.1, -0.05) is 31.2 Å². The topological polar surface area (TPSA) is 88.0 Å². The number of aliphatic hydroxyl groups is 1. The molecule has 2 aromatic heterocycles. The molecule has 0 fully saturated rings. The van der Waals surface area contributed by atoms with Gasteiger partial charge in [-0.25, -0.2) is 4.98 Å². The standard InChI is InChI=1S/C28H34N4O4/c1-19-15-32(20(2)18-33)28(34)24-12-22(23-9-5-6-10-25(23)35-4)14-30-27(24)36-26(19)17-31(3)16-21-8-7-11-29-13-21/h5-14,19-20,26,33H,15-18H2,1-4H3/t19-,20-,26+/m0/s1. The number of carbonyl (C=O) groups is 1. The maximum absolute atomic E-state index is 13.7. The van der Waals surface area contributed by atoms with Gasteiger partial charge < -0.3 is 19.5 Å². The van der Waals surface area contributed by atoms with Crippen molar-refractivity contribution in [2.45, 2.75) is 32.5 Å². The van der Waals surface area contributed by atoms with E-state index in [-0.39, 0.29) is 30.6 Å². The van der Waals surface area contributed by atoms with Crippen LogP contribution in [0.3, 0.4) is 0 Å². The minimum absolute atomic E-state index is 0.0168. The number of aromatic nitrogens is 2. The number of amides is 1. The number of ether oxygens (including phenoxy) is 2. The van der Waals surface area contributed by atoms with E-state index in [0.29, 0.717) is 30.3 Å². The molecule has 190 valence electrons. The van der Waals surface area contributed by atoms with Crippen LogP contribution in [-0.4, -0.2) is 76.8 Å². The average Bonchev–Trinajstić information content (AvgIpc) is 2.90. The number of hydrogen-bond donors (Lipinski definition) is 1. The van der Waals surface area contributed by atoms with E-state index < -0.39 is 0 Å². The summed E-state index contributed by atoms with van der Waals surface area (Å²) in [5.74, 6) is 0.815. The second-order valence-corrected chi connectivity index (χ2v) is 9.46.